The lowest BCUT2D eigenvalue weighted by molar-refractivity contribution is 0.0297. The number of aliphatic hydroxyl groups is 2. The maximum atomic E-state index is 9.96. The number of aliphatic hydroxyl groups excluding tert-OH is 2. The summed E-state index contributed by atoms with van der Waals surface area (Å²) in [5.74, 6) is -0.219. The van der Waals surface area contributed by atoms with Crippen LogP contribution in [-0.4, -0.2) is 53.7 Å². The molecule has 1 aliphatic heterocycles. The number of fused-ring (bicyclic) bond motifs is 1. The highest BCUT2D eigenvalue weighted by molar-refractivity contribution is 5.81. The third-order valence-electron chi connectivity index (χ3n) is 3.30. The predicted octanol–water partition coefficient (Wildman–Crippen LogP) is -1.19. The highest BCUT2D eigenvalue weighted by atomic mass is 16.3. The van der Waals surface area contributed by atoms with Gasteiger partial charge in [0.15, 0.2) is 5.52 Å². The first-order valence-corrected chi connectivity index (χ1v) is 5.59. The van der Waals surface area contributed by atoms with Crippen LogP contribution in [0.3, 0.4) is 0 Å². The maximum Gasteiger partial charge on any atom is 0.243 e. The molecule has 0 amide bonds. The summed E-state index contributed by atoms with van der Waals surface area (Å²) >= 11 is 0. The van der Waals surface area contributed by atoms with Crippen molar-refractivity contribution in [3.63, 3.8) is 0 Å². The molecule has 1 saturated heterocycles. The maximum absolute atomic E-state index is 9.96. The van der Waals surface area contributed by atoms with Gasteiger partial charge in [-0.25, -0.2) is 4.98 Å². The Kier molecular flexibility index (Phi) is 2.44. The Morgan fingerprint density at radius 2 is 1.94 bits per heavy atom. The van der Waals surface area contributed by atoms with Gasteiger partial charge in [-0.2, -0.15) is 10.1 Å². The Labute approximate surface area is 102 Å². The van der Waals surface area contributed by atoms with Gasteiger partial charge in [-0.15, -0.1) is 0 Å². The first kappa shape index (κ1) is 11.3. The molecule has 0 unspecified atom stereocenters. The fourth-order valence-electron chi connectivity index (χ4n) is 2.28. The molecular weight excluding hydrogens is 238 g/mol. The van der Waals surface area contributed by atoms with Crippen LogP contribution in [0.4, 0.5) is 0 Å². The minimum absolute atomic E-state index is 0.219. The third kappa shape index (κ3) is 1.47. The molecule has 0 spiro atoms. The summed E-state index contributed by atoms with van der Waals surface area (Å²) in [6.45, 7) is 1.78. The monoisotopic (exact) mass is 251 g/mol. The summed E-state index contributed by atoms with van der Waals surface area (Å²) in [7, 11) is 0. The minimum atomic E-state index is -0.958. The first-order valence-electron chi connectivity index (χ1n) is 5.59. The molecule has 0 bridgehead atoms. The second kappa shape index (κ2) is 3.87. The van der Waals surface area contributed by atoms with E-state index in [0.717, 1.165) is 0 Å². The molecule has 1 fully saturated rings. The van der Waals surface area contributed by atoms with Gasteiger partial charge < -0.3 is 20.6 Å². The number of aromatic hydroxyl groups is 1. The van der Waals surface area contributed by atoms with E-state index < -0.39 is 18.2 Å². The fourth-order valence-corrected chi connectivity index (χ4v) is 2.28. The molecule has 18 heavy (non-hydrogen) atoms. The van der Waals surface area contributed by atoms with Crippen molar-refractivity contribution in [1.82, 2.24) is 25.5 Å². The van der Waals surface area contributed by atoms with Crippen LogP contribution in [-0.2, 0) is 0 Å². The summed E-state index contributed by atoms with van der Waals surface area (Å²) in [6.07, 6.45) is -0.595. The van der Waals surface area contributed by atoms with Crippen molar-refractivity contribution in [3.05, 3.63) is 12.0 Å². The molecule has 0 saturated carbocycles. The van der Waals surface area contributed by atoms with Crippen molar-refractivity contribution in [1.29, 1.82) is 0 Å². The number of hydrogen-bond donors (Lipinski definition) is 5. The second-order valence-electron chi connectivity index (χ2n) is 4.45. The van der Waals surface area contributed by atoms with Crippen LogP contribution >= 0.6 is 0 Å². The van der Waals surface area contributed by atoms with Gasteiger partial charge in [-0.3, -0.25) is 5.10 Å². The molecule has 2 aromatic heterocycles. The Morgan fingerprint density at radius 3 is 2.61 bits per heavy atom. The average Bonchev–Trinajstić information content (AvgIpc) is 2.88. The normalized spacial score (nSPS) is 32.2. The molecule has 96 valence electrons. The largest absolute Gasteiger partial charge is 0.492 e. The van der Waals surface area contributed by atoms with Crippen LogP contribution < -0.4 is 5.32 Å². The zero-order chi connectivity index (χ0) is 12.9. The lowest BCUT2D eigenvalue weighted by atomic mass is 10.1. The first-order chi connectivity index (χ1) is 8.59. The van der Waals surface area contributed by atoms with Gasteiger partial charge in [-0.1, -0.05) is 0 Å². The molecule has 8 heteroatoms. The van der Waals surface area contributed by atoms with E-state index in [9.17, 15) is 15.3 Å². The summed E-state index contributed by atoms with van der Waals surface area (Å²) in [5.41, 5.74) is 1.20. The number of H-pyrrole nitrogens is 1. The van der Waals surface area contributed by atoms with E-state index in [0.29, 0.717) is 11.2 Å². The van der Waals surface area contributed by atoms with Gasteiger partial charge in [-0.05, 0) is 6.92 Å². The number of aromatic amines is 1. The van der Waals surface area contributed by atoms with Crippen molar-refractivity contribution in [2.75, 3.05) is 0 Å². The number of nitrogens with zero attached hydrogens (tertiary/aromatic N) is 3. The van der Waals surface area contributed by atoms with E-state index in [1.165, 1.54) is 6.33 Å². The van der Waals surface area contributed by atoms with Gasteiger partial charge in [0.2, 0.25) is 5.88 Å². The molecule has 4 atom stereocenters. The van der Waals surface area contributed by atoms with Crippen LogP contribution in [0, 0.1) is 0 Å². The molecule has 0 radical (unpaired) electrons. The van der Waals surface area contributed by atoms with Gasteiger partial charge in [0.05, 0.1) is 17.8 Å². The highest BCUT2D eigenvalue weighted by Gasteiger charge is 2.41. The van der Waals surface area contributed by atoms with Crippen LogP contribution in [0.5, 0.6) is 5.88 Å². The molecule has 2 aromatic rings. The van der Waals surface area contributed by atoms with E-state index in [2.05, 4.69) is 25.5 Å². The zero-order valence-corrected chi connectivity index (χ0v) is 9.57. The zero-order valence-electron chi connectivity index (χ0n) is 9.57. The quantitative estimate of drug-likeness (QED) is 0.431. The van der Waals surface area contributed by atoms with Crippen molar-refractivity contribution in [2.24, 2.45) is 0 Å². The van der Waals surface area contributed by atoms with Crippen LogP contribution in [0.25, 0.3) is 11.0 Å². The lowest BCUT2D eigenvalue weighted by Gasteiger charge is -2.13. The van der Waals surface area contributed by atoms with E-state index in [1.54, 1.807) is 6.92 Å². The van der Waals surface area contributed by atoms with Crippen LogP contribution in [0.2, 0.25) is 0 Å². The minimum Gasteiger partial charge on any atom is -0.492 e. The van der Waals surface area contributed by atoms with Crippen LogP contribution in [0.15, 0.2) is 6.33 Å². The van der Waals surface area contributed by atoms with Crippen LogP contribution in [0.1, 0.15) is 18.7 Å². The van der Waals surface area contributed by atoms with Crippen molar-refractivity contribution in [3.8, 4) is 5.88 Å². The Bertz CT molecular complexity index is 586. The average molecular weight is 251 g/mol. The smallest absolute Gasteiger partial charge is 0.243 e. The van der Waals surface area contributed by atoms with Crippen molar-refractivity contribution < 1.29 is 15.3 Å². The molecule has 8 nitrogen and oxygen atoms in total. The SMILES string of the molecule is C[C@H]1N[C@@H](c2[nH]nc3c(O)ncnc23)[C@H](O)[C@@H]1O. The summed E-state index contributed by atoms with van der Waals surface area (Å²) in [4.78, 5) is 7.66. The van der Waals surface area contributed by atoms with Crippen molar-refractivity contribution in [2.45, 2.75) is 31.2 Å². The van der Waals surface area contributed by atoms with E-state index >= 15 is 0 Å². The molecule has 0 aromatic carbocycles. The molecule has 1 aliphatic rings. The summed E-state index contributed by atoms with van der Waals surface area (Å²) in [5, 5.41) is 38.9. The van der Waals surface area contributed by atoms with Crippen molar-refractivity contribution >= 4 is 11.0 Å². The number of rotatable bonds is 1. The Morgan fingerprint density at radius 1 is 1.17 bits per heavy atom. The topological polar surface area (TPSA) is 127 Å². The summed E-state index contributed by atoms with van der Waals surface area (Å²) < 4.78 is 0. The lowest BCUT2D eigenvalue weighted by Crippen LogP contribution is -2.29. The van der Waals surface area contributed by atoms with Gasteiger partial charge in [0.1, 0.15) is 17.9 Å². The predicted molar refractivity (Wildman–Crippen MR) is 60.7 cm³/mol. The third-order valence-corrected chi connectivity index (χ3v) is 3.30. The highest BCUT2D eigenvalue weighted by Crippen LogP contribution is 2.31. The molecular formula is C10H13N5O3. The fraction of sp³-hybridized carbons (Fsp3) is 0.500. The number of nitrogens with one attached hydrogen (secondary N) is 2. The van der Waals surface area contributed by atoms with E-state index in [-0.39, 0.29) is 17.4 Å². The second-order valence-corrected chi connectivity index (χ2v) is 4.45. The Balaban J connectivity index is 2.08. The van der Waals surface area contributed by atoms with Gasteiger partial charge in [0.25, 0.3) is 0 Å². The molecule has 3 rings (SSSR count). The van der Waals surface area contributed by atoms with E-state index in [4.69, 9.17) is 0 Å². The number of aromatic nitrogens is 4. The number of hydrogen-bond acceptors (Lipinski definition) is 7. The molecule has 3 heterocycles. The van der Waals surface area contributed by atoms with Gasteiger partial charge in [0, 0.05) is 6.04 Å². The van der Waals surface area contributed by atoms with E-state index in [1.807, 2.05) is 0 Å². The Hall–Kier alpha value is -1.77. The molecule has 0 aliphatic carbocycles. The standard InChI is InChI=1S/C10H13N5O3/c1-3-8(16)9(17)6(13-3)5-4-7(15-14-5)10(18)12-2-11-4/h2-3,6,8-9,13,16-17H,1H3,(H,14,15)(H,11,12,18)/t3-,6+,8-,9+/m1/s1. The molecule has 5 N–H and O–H groups in total. The van der Waals surface area contributed by atoms with Gasteiger partial charge >= 0.3 is 0 Å². The summed E-state index contributed by atoms with van der Waals surface area (Å²) in [6, 6.07) is -0.743.